The molecule has 0 saturated carbocycles. The molecule has 118 valence electrons. The first-order valence-electron chi connectivity index (χ1n) is 5.94. The van der Waals surface area contributed by atoms with Gasteiger partial charge < -0.3 is 9.84 Å². The van der Waals surface area contributed by atoms with Gasteiger partial charge in [0.25, 0.3) is 0 Å². The van der Waals surface area contributed by atoms with E-state index in [0.717, 1.165) is 23.9 Å². The lowest BCUT2D eigenvalue weighted by molar-refractivity contribution is -0.274. The third-order valence-electron chi connectivity index (χ3n) is 2.20. The second-order valence-electron chi connectivity index (χ2n) is 3.96. The lowest BCUT2D eigenvalue weighted by Crippen LogP contribution is -2.19. The van der Waals surface area contributed by atoms with Crippen molar-refractivity contribution in [2.45, 2.75) is 19.7 Å². The average molecular weight is 332 g/mol. The maximum absolute atomic E-state index is 12.3. The Bertz CT molecular complexity index is 629. The minimum atomic E-state index is -4.99. The summed E-state index contributed by atoms with van der Waals surface area (Å²) in [5, 5.41) is 8.79. The Morgan fingerprint density at radius 2 is 2.05 bits per heavy atom. The molecule has 1 rings (SSSR count). The molecule has 1 aromatic rings. The third-order valence-corrected chi connectivity index (χ3v) is 3.02. The highest BCUT2D eigenvalue weighted by Gasteiger charge is 2.33. The summed E-state index contributed by atoms with van der Waals surface area (Å²) in [5.74, 6) is 3.41. The van der Waals surface area contributed by atoms with Crippen molar-refractivity contribution in [2.75, 3.05) is 5.75 Å². The molecule has 0 aliphatic carbocycles. The maximum Gasteiger partial charge on any atom is 0.573 e. The number of hydrogen-bond acceptors (Lipinski definition) is 4. The molecule has 0 fully saturated rings. The van der Waals surface area contributed by atoms with Gasteiger partial charge in [-0.2, -0.15) is 0 Å². The summed E-state index contributed by atoms with van der Waals surface area (Å²) in [5.41, 5.74) is -0.410. The van der Waals surface area contributed by atoms with Crippen LogP contribution in [0.2, 0.25) is 0 Å². The quantitative estimate of drug-likeness (QED) is 0.677. The molecule has 0 aromatic heterocycles. The van der Waals surface area contributed by atoms with Crippen LogP contribution < -0.4 is 4.74 Å². The van der Waals surface area contributed by atoms with E-state index in [1.54, 1.807) is 0 Å². The number of carboxylic acids is 1. The van der Waals surface area contributed by atoms with E-state index in [4.69, 9.17) is 5.11 Å². The monoisotopic (exact) mass is 332 g/mol. The van der Waals surface area contributed by atoms with Crippen molar-refractivity contribution in [3.63, 3.8) is 0 Å². The highest BCUT2D eigenvalue weighted by molar-refractivity contribution is 8.13. The molecule has 1 aromatic carbocycles. The highest BCUT2D eigenvalue weighted by atomic mass is 32.2. The lowest BCUT2D eigenvalue weighted by Gasteiger charge is -2.11. The van der Waals surface area contributed by atoms with Gasteiger partial charge in [-0.3, -0.25) is 4.79 Å². The number of carbonyl (C=O) groups excluding carboxylic acids is 1. The molecule has 0 bridgehead atoms. The second kappa shape index (κ2) is 7.75. The largest absolute Gasteiger partial charge is 0.573 e. The van der Waals surface area contributed by atoms with E-state index >= 15 is 0 Å². The zero-order chi connectivity index (χ0) is 16.8. The first kappa shape index (κ1) is 17.9. The highest BCUT2D eigenvalue weighted by Crippen LogP contribution is 2.27. The Labute approximate surface area is 128 Å². The fraction of sp³-hybridized carbons (Fsp3) is 0.286. The van der Waals surface area contributed by atoms with Crippen LogP contribution >= 0.6 is 11.8 Å². The first-order chi connectivity index (χ1) is 10.2. The predicted octanol–water partition coefficient (Wildman–Crippen LogP) is 3.30. The van der Waals surface area contributed by atoms with Crippen LogP contribution in [-0.4, -0.2) is 28.3 Å². The number of thioether (sulfide) groups is 1. The van der Waals surface area contributed by atoms with Gasteiger partial charge in [0.1, 0.15) is 11.3 Å². The molecular weight excluding hydrogens is 321 g/mol. The van der Waals surface area contributed by atoms with Gasteiger partial charge in [0.2, 0.25) is 0 Å². The molecule has 0 saturated heterocycles. The molecule has 0 aliphatic heterocycles. The van der Waals surface area contributed by atoms with Crippen LogP contribution in [0.5, 0.6) is 5.75 Å². The van der Waals surface area contributed by atoms with Crippen molar-refractivity contribution >= 4 is 22.8 Å². The maximum atomic E-state index is 12.3. The van der Waals surface area contributed by atoms with Crippen molar-refractivity contribution < 1.29 is 32.6 Å². The molecule has 0 atom stereocenters. The molecule has 0 spiro atoms. The summed E-state index contributed by atoms with van der Waals surface area (Å²) in [7, 11) is 0. The molecule has 1 N–H and O–H groups in total. The standard InChI is InChI=1S/C14H11F3O4S/c1-9(18)22-7-3-2-4-10-5-6-11(13(19)20)12(8-10)21-14(15,16)17/h5-6,8H,3,7H2,1H3,(H,19,20). The van der Waals surface area contributed by atoms with Gasteiger partial charge in [-0.1, -0.05) is 23.6 Å². The third kappa shape index (κ3) is 6.54. The minimum absolute atomic E-state index is 0.0477. The van der Waals surface area contributed by atoms with Gasteiger partial charge in [-0.25, -0.2) is 4.79 Å². The molecule has 8 heteroatoms. The number of halogens is 3. The number of ether oxygens (including phenoxy) is 1. The molecule has 0 radical (unpaired) electrons. The number of aromatic carboxylic acids is 1. The molecule has 0 aliphatic rings. The number of rotatable bonds is 4. The van der Waals surface area contributed by atoms with Crippen LogP contribution in [0, 0.1) is 11.8 Å². The van der Waals surface area contributed by atoms with Gasteiger partial charge in [0.05, 0.1) is 0 Å². The molecular formula is C14H11F3O4S. The van der Waals surface area contributed by atoms with Gasteiger partial charge in [-0.05, 0) is 18.2 Å². The summed E-state index contributed by atoms with van der Waals surface area (Å²) >= 11 is 1.09. The van der Waals surface area contributed by atoms with E-state index in [1.807, 2.05) is 0 Å². The van der Waals surface area contributed by atoms with Crippen molar-refractivity contribution in [3.05, 3.63) is 29.3 Å². The number of benzene rings is 1. The Balaban J connectivity index is 2.90. The van der Waals surface area contributed by atoms with Crippen molar-refractivity contribution in [1.29, 1.82) is 0 Å². The smallest absolute Gasteiger partial charge is 0.478 e. The lowest BCUT2D eigenvalue weighted by atomic mass is 10.1. The number of carbonyl (C=O) groups is 2. The first-order valence-corrected chi connectivity index (χ1v) is 6.93. The normalized spacial score (nSPS) is 10.5. The summed E-state index contributed by atoms with van der Waals surface area (Å²) in [6, 6.07) is 3.21. The van der Waals surface area contributed by atoms with Crippen molar-refractivity contribution in [2.24, 2.45) is 0 Å². The van der Waals surface area contributed by atoms with E-state index in [-0.39, 0.29) is 10.7 Å². The van der Waals surface area contributed by atoms with Gasteiger partial charge in [0.15, 0.2) is 5.12 Å². The minimum Gasteiger partial charge on any atom is -0.478 e. The fourth-order valence-corrected chi connectivity index (χ4v) is 1.89. The van der Waals surface area contributed by atoms with Crippen molar-refractivity contribution in [3.8, 4) is 17.6 Å². The Morgan fingerprint density at radius 3 is 2.59 bits per heavy atom. The Kier molecular flexibility index (Phi) is 6.31. The Morgan fingerprint density at radius 1 is 1.36 bits per heavy atom. The van der Waals surface area contributed by atoms with Crippen LogP contribution in [-0.2, 0) is 4.79 Å². The summed E-state index contributed by atoms with van der Waals surface area (Å²) < 4.78 is 40.5. The van der Waals surface area contributed by atoms with Gasteiger partial charge >= 0.3 is 12.3 Å². The van der Waals surface area contributed by atoms with E-state index < -0.39 is 23.6 Å². The zero-order valence-corrected chi connectivity index (χ0v) is 12.2. The summed E-state index contributed by atoms with van der Waals surface area (Å²) in [6.07, 6.45) is -4.62. The molecule has 0 heterocycles. The molecule has 22 heavy (non-hydrogen) atoms. The Hall–Kier alpha value is -2.14. The molecule has 0 amide bonds. The number of alkyl halides is 3. The van der Waals surface area contributed by atoms with Crippen LogP contribution in [0.4, 0.5) is 13.2 Å². The van der Waals surface area contributed by atoms with Crippen LogP contribution in [0.15, 0.2) is 18.2 Å². The fourth-order valence-electron chi connectivity index (χ4n) is 1.40. The average Bonchev–Trinajstić information content (AvgIpc) is 2.35. The molecule has 4 nitrogen and oxygen atoms in total. The van der Waals surface area contributed by atoms with Crippen LogP contribution in [0.1, 0.15) is 29.3 Å². The van der Waals surface area contributed by atoms with Gasteiger partial charge in [-0.15, -0.1) is 13.2 Å². The van der Waals surface area contributed by atoms with Crippen molar-refractivity contribution in [1.82, 2.24) is 0 Å². The van der Waals surface area contributed by atoms with Crippen LogP contribution in [0.25, 0.3) is 0 Å². The summed E-state index contributed by atoms with van der Waals surface area (Å²) in [4.78, 5) is 21.6. The van der Waals surface area contributed by atoms with E-state index in [0.29, 0.717) is 12.2 Å². The van der Waals surface area contributed by atoms with E-state index in [9.17, 15) is 22.8 Å². The second-order valence-corrected chi connectivity index (χ2v) is 5.23. The zero-order valence-electron chi connectivity index (χ0n) is 11.4. The number of carboxylic acid groups (broad SMARTS) is 1. The topological polar surface area (TPSA) is 63.6 Å². The number of hydrogen-bond donors (Lipinski definition) is 1. The molecule has 0 unspecified atom stereocenters. The predicted molar refractivity (Wildman–Crippen MR) is 74.7 cm³/mol. The van der Waals surface area contributed by atoms with E-state index in [1.165, 1.54) is 13.0 Å². The van der Waals surface area contributed by atoms with Crippen LogP contribution in [0.3, 0.4) is 0 Å². The summed E-state index contributed by atoms with van der Waals surface area (Å²) in [6.45, 7) is 1.42. The van der Waals surface area contributed by atoms with Gasteiger partial charge in [0, 0.05) is 24.7 Å². The SMILES string of the molecule is CC(=O)SCCC#Cc1ccc(C(=O)O)c(OC(F)(F)F)c1. The van der Waals surface area contributed by atoms with E-state index in [2.05, 4.69) is 16.6 Å².